The lowest BCUT2D eigenvalue weighted by Gasteiger charge is -2.34. The van der Waals surface area contributed by atoms with Gasteiger partial charge in [0, 0.05) is 5.92 Å². The molecule has 0 amide bonds. The summed E-state index contributed by atoms with van der Waals surface area (Å²) in [6.45, 7) is 3.72. The van der Waals surface area contributed by atoms with E-state index in [-0.39, 0.29) is 5.92 Å². The molecule has 2 heteroatoms. The molecule has 0 unspecified atom stereocenters. The van der Waals surface area contributed by atoms with E-state index in [1.54, 1.807) is 0 Å². The van der Waals surface area contributed by atoms with Crippen molar-refractivity contribution < 1.29 is 9.90 Å². The topological polar surface area (TPSA) is 37.3 Å². The Morgan fingerprint density at radius 2 is 1.75 bits per heavy atom. The summed E-state index contributed by atoms with van der Waals surface area (Å²) in [7, 11) is 0. The summed E-state index contributed by atoms with van der Waals surface area (Å²) in [4.78, 5) is 10.5. The van der Waals surface area contributed by atoms with Gasteiger partial charge in [-0.3, -0.25) is 0 Å². The van der Waals surface area contributed by atoms with Crippen LogP contribution in [0.1, 0.15) is 39.5 Å². The Hall–Kier alpha value is -0.370. The minimum Gasteiger partial charge on any atom is -0.390 e. The molecule has 0 aliphatic heterocycles. The Labute approximate surface area is 74.0 Å². The number of hydrogen-bond donors (Lipinski definition) is 1. The number of carbonyl (C=O) groups excluding carboxylic acids is 1. The molecule has 0 aromatic heterocycles. The first-order valence-corrected chi connectivity index (χ1v) is 4.71. The van der Waals surface area contributed by atoms with Crippen LogP contribution in [0.25, 0.3) is 0 Å². The molecule has 0 aromatic rings. The van der Waals surface area contributed by atoms with Gasteiger partial charge >= 0.3 is 0 Å². The largest absolute Gasteiger partial charge is 0.390 e. The molecular weight excluding hydrogens is 152 g/mol. The van der Waals surface area contributed by atoms with E-state index in [4.69, 9.17) is 0 Å². The molecule has 1 fully saturated rings. The average Bonchev–Trinajstić information content (AvgIpc) is 2.03. The van der Waals surface area contributed by atoms with Gasteiger partial charge in [0.15, 0.2) is 0 Å². The molecule has 70 valence electrons. The van der Waals surface area contributed by atoms with Crippen molar-refractivity contribution in [3.8, 4) is 0 Å². The summed E-state index contributed by atoms with van der Waals surface area (Å²) in [6.07, 6.45) is 4.96. The Balaban J connectivity index is 2.41. The highest BCUT2D eigenvalue weighted by molar-refractivity contribution is 5.53. The van der Waals surface area contributed by atoms with Crippen LogP contribution in [0.4, 0.5) is 0 Å². The summed E-state index contributed by atoms with van der Waals surface area (Å²) in [6, 6.07) is 0. The van der Waals surface area contributed by atoms with Gasteiger partial charge in [-0.05, 0) is 45.4 Å². The van der Waals surface area contributed by atoms with Gasteiger partial charge in [-0.15, -0.1) is 0 Å². The third kappa shape index (κ3) is 2.31. The summed E-state index contributed by atoms with van der Waals surface area (Å²) in [5.74, 6) is 0.636. The van der Waals surface area contributed by atoms with Crippen LogP contribution < -0.4 is 0 Å². The first-order valence-electron chi connectivity index (χ1n) is 4.71. The maximum Gasteiger partial charge on any atom is 0.123 e. The van der Waals surface area contributed by atoms with Crippen LogP contribution in [0, 0.1) is 11.8 Å². The standard InChI is InChI=1S/C10H18O2/c1-10(2,12)9-5-3-8(7-11)4-6-9/h7-9,12H,3-6H2,1-2H3/t8-,9+. The van der Waals surface area contributed by atoms with Gasteiger partial charge in [0.05, 0.1) is 5.60 Å². The quantitative estimate of drug-likeness (QED) is 0.641. The van der Waals surface area contributed by atoms with Crippen molar-refractivity contribution in [2.24, 2.45) is 11.8 Å². The summed E-state index contributed by atoms with van der Waals surface area (Å²) in [5, 5.41) is 9.71. The second-order valence-electron chi connectivity index (χ2n) is 4.40. The lowest BCUT2D eigenvalue weighted by molar-refractivity contribution is -0.113. The monoisotopic (exact) mass is 170 g/mol. The van der Waals surface area contributed by atoms with Gasteiger partial charge in [0.25, 0.3) is 0 Å². The maximum absolute atomic E-state index is 10.5. The summed E-state index contributed by atoms with van der Waals surface area (Å²) < 4.78 is 0. The Morgan fingerprint density at radius 3 is 2.08 bits per heavy atom. The third-order valence-corrected chi connectivity index (χ3v) is 2.96. The fraction of sp³-hybridized carbons (Fsp3) is 0.900. The zero-order chi connectivity index (χ0) is 9.19. The van der Waals surface area contributed by atoms with Crippen molar-refractivity contribution in [1.29, 1.82) is 0 Å². The second-order valence-corrected chi connectivity index (χ2v) is 4.40. The maximum atomic E-state index is 10.5. The molecule has 0 spiro atoms. The van der Waals surface area contributed by atoms with E-state index in [9.17, 15) is 9.90 Å². The molecular formula is C10H18O2. The molecule has 1 rings (SSSR count). The van der Waals surface area contributed by atoms with E-state index >= 15 is 0 Å². The molecule has 0 atom stereocenters. The lowest BCUT2D eigenvalue weighted by atomic mass is 9.75. The molecule has 0 heterocycles. The average molecular weight is 170 g/mol. The number of rotatable bonds is 2. The van der Waals surface area contributed by atoms with Gasteiger partial charge in [-0.1, -0.05) is 0 Å². The lowest BCUT2D eigenvalue weighted by Crippen LogP contribution is -2.34. The number of carbonyl (C=O) groups is 1. The van der Waals surface area contributed by atoms with E-state index in [0.29, 0.717) is 5.92 Å². The highest BCUT2D eigenvalue weighted by atomic mass is 16.3. The Kier molecular flexibility index (Phi) is 2.89. The SMILES string of the molecule is CC(C)(O)[C@H]1CC[C@@H](C=O)CC1. The van der Waals surface area contributed by atoms with E-state index in [1.165, 1.54) is 0 Å². The molecule has 1 saturated carbocycles. The van der Waals surface area contributed by atoms with Crippen molar-refractivity contribution in [1.82, 2.24) is 0 Å². The number of aliphatic hydroxyl groups is 1. The van der Waals surface area contributed by atoms with Crippen molar-refractivity contribution in [3.63, 3.8) is 0 Å². The molecule has 0 radical (unpaired) electrons. The van der Waals surface area contributed by atoms with E-state index < -0.39 is 5.60 Å². The summed E-state index contributed by atoms with van der Waals surface area (Å²) in [5.41, 5.74) is -0.562. The van der Waals surface area contributed by atoms with Crippen LogP contribution in [0.5, 0.6) is 0 Å². The summed E-state index contributed by atoms with van der Waals surface area (Å²) >= 11 is 0. The van der Waals surface area contributed by atoms with Crippen LogP contribution in [0.3, 0.4) is 0 Å². The fourth-order valence-electron chi connectivity index (χ4n) is 1.96. The normalized spacial score (nSPS) is 31.6. The first-order chi connectivity index (χ1) is 5.54. The Morgan fingerprint density at radius 1 is 1.25 bits per heavy atom. The highest BCUT2D eigenvalue weighted by Crippen LogP contribution is 2.34. The number of aldehydes is 1. The Bertz CT molecular complexity index is 150. The zero-order valence-corrected chi connectivity index (χ0v) is 7.92. The molecule has 1 N–H and O–H groups in total. The van der Waals surface area contributed by atoms with Gasteiger partial charge in [0.2, 0.25) is 0 Å². The van der Waals surface area contributed by atoms with E-state index in [1.807, 2.05) is 13.8 Å². The van der Waals surface area contributed by atoms with Gasteiger partial charge < -0.3 is 9.90 Å². The van der Waals surface area contributed by atoms with Crippen molar-refractivity contribution in [2.45, 2.75) is 45.1 Å². The predicted molar refractivity (Wildman–Crippen MR) is 47.8 cm³/mol. The molecule has 0 bridgehead atoms. The molecule has 2 nitrogen and oxygen atoms in total. The molecule has 1 aliphatic rings. The van der Waals surface area contributed by atoms with E-state index in [2.05, 4.69) is 0 Å². The van der Waals surface area contributed by atoms with Gasteiger partial charge in [-0.2, -0.15) is 0 Å². The number of hydrogen-bond acceptors (Lipinski definition) is 2. The van der Waals surface area contributed by atoms with Crippen molar-refractivity contribution in [2.75, 3.05) is 0 Å². The van der Waals surface area contributed by atoms with Gasteiger partial charge in [0.1, 0.15) is 6.29 Å². The fourth-order valence-corrected chi connectivity index (χ4v) is 1.96. The van der Waals surface area contributed by atoms with Crippen LogP contribution in [0.15, 0.2) is 0 Å². The van der Waals surface area contributed by atoms with Crippen LogP contribution >= 0.6 is 0 Å². The minimum absolute atomic E-state index is 0.253. The van der Waals surface area contributed by atoms with Crippen LogP contribution in [-0.2, 0) is 4.79 Å². The van der Waals surface area contributed by atoms with Crippen molar-refractivity contribution in [3.05, 3.63) is 0 Å². The second kappa shape index (κ2) is 3.56. The molecule has 0 saturated heterocycles. The molecule has 12 heavy (non-hydrogen) atoms. The van der Waals surface area contributed by atoms with Crippen LogP contribution in [-0.4, -0.2) is 17.0 Å². The molecule has 0 aromatic carbocycles. The smallest absolute Gasteiger partial charge is 0.123 e. The van der Waals surface area contributed by atoms with Crippen LogP contribution in [0.2, 0.25) is 0 Å². The zero-order valence-electron chi connectivity index (χ0n) is 7.92. The first kappa shape index (κ1) is 9.72. The highest BCUT2D eigenvalue weighted by Gasteiger charge is 2.30. The third-order valence-electron chi connectivity index (χ3n) is 2.96. The minimum atomic E-state index is -0.562. The molecule has 1 aliphatic carbocycles. The van der Waals surface area contributed by atoms with Crippen molar-refractivity contribution >= 4 is 6.29 Å². The van der Waals surface area contributed by atoms with E-state index in [0.717, 1.165) is 32.0 Å². The predicted octanol–water partition coefficient (Wildman–Crippen LogP) is 1.76. The van der Waals surface area contributed by atoms with Gasteiger partial charge in [-0.25, -0.2) is 0 Å².